The zero-order chi connectivity index (χ0) is 14.7. The molecular weight excluding hydrogens is 268 g/mol. The number of hydrogen-bond acceptors (Lipinski definition) is 4. The van der Waals surface area contributed by atoms with Gasteiger partial charge in [0.2, 0.25) is 0 Å². The van der Waals surface area contributed by atoms with Gasteiger partial charge in [-0.1, -0.05) is 0 Å². The van der Waals surface area contributed by atoms with Crippen LogP contribution in [0.4, 0.5) is 0 Å². The molecule has 0 bridgehead atoms. The van der Waals surface area contributed by atoms with E-state index in [-0.39, 0.29) is 11.5 Å². The summed E-state index contributed by atoms with van der Waals surface area (Å²) in [6, 6.07) is 0. The zero-order valence-corrected chi connectivity index (χ0v) is 13.1. The van der Waals surface area contributed by atoms with Gasteiger partial charge >= 0.3 is 0 Å². The van der Waals surface area contributed by atoms with Crippen LogP contribution < -0.4 is 0 Å². The van der Waals surface area contributed by atoms with Gasteiger partial charge in [0.1, 0.15) is 5.78 Å². The number of fused-ring (bicyclic) bond motifs is 1. The number of Topliss-reactive ketones (excluding diaryl/α,β-unsaturated/α-hetero) is 1. The maximum absolute atomic E-state index is 12.0. The molecule has 4 nitrogen and oxygen atoms in total. The molecule has 3 rings (SSSR count). The summed E-state index contributed by atoms with van der Waals surface area (Å²) in [4.78, 5) is 12.0. The Morgan fingerprint density at radius 2 is 2.10 bits per heavy atom. The van der Waals surface area contributed by atoms with Gasteiger partial charge in [0.15, 0.2) is 0 Å². The Balaban J connectivity index is 1.23. The van der Waals surface area contributed by atoms with Crippen LogP contribution in [0, 0.1) is 11.8 Å². The minimum atomic E-state index is 0.201. The molecule has 3 aliphatic rings. The second-order valence-corrected chi connectivity index (χ2v) is 7.09. The van der Waals surface area contributed by atoms with Crippen molar-refractivity contribution < 1.29 is 19.0 Å². The van der Waals surface area contributed by atoms with E-state index in [1.165, 1.54) is 12.8 Å². The number of carbonyl (C=O) groups excluding carboxylic acids is 1. The molecule has 4 heteroatoms. The summed E-state index contributed by atoms with van der Waals surface area (Å²) < 4.78 is 16.8. The largest absolute Gasteiger partial charge is 0.381 e. The summed E-state index contributed by atoms with van der Waals surface area (Å²) in [5.74, 6) is 1.29. The second-order valence-electron chi connectivity index (χ2n) is 7.09. The highest BCUT2D eigenvalue weighted by atomic mass is 16.6. The van der Waals surface area contributed by atoms with Crippen molar-refractivity contribution in [1.29, 1.82) is 0 Å². The Bertz CT molecular complexity index is 364. The Morgan fingerprint density at radius 1 is 1.29 bits per heavy atom. The summed E-state index contributed by atoms with van der Waals surface area (Å²) in [6.45, 7) is 5.26. The molecule has 0 aromatic rings. The number of carbonyl (C=O) groups is 1. The second kappa shape index (κ2) is 6.76. The van der Waals surface area contributed by atoms with Crippen molar-refractivity contribution in [3.05, 3.63) is 0 Å². The van der Waals surface area contributed by atoms with Crippen LogP contribution in [0.5, 0.6) is 0 Å². The summed E-state index contributed by atoms with van der Waals surface area (Å²) >= 11 is 0. The normalized spacial score (nSPS) is 36.2. The van der Waals surface area contributed by atoms with E-state index >= 15 is 0 Å². The molecule has 2 aliphatic heterocycles. The van der Waals surface area contributed by atoms with E-state index in [4.69, 9.17) is 14.2 Å². The Hall–Kier alpha value is -0.450. The van der Waals surface area contributed by atoms with Gasteiger partial charge < -0.3 is 14.2 Å². The van der Waals surface area contributed by atoms with Crippen LogP contribution in [0.15, 0.2) is 0 Å². The highest BCUT2D eigenvalue weighted by Crippen LogP contribution is 2.49. The first kappa shape index (κ1) is 15.4. The van der Waals surface area contributed by atoms with E-state index in [1.807, 2.05) is 0 Å². The molecule has 2 saturated heterocycles. The van der Waals surface area contributed by atoms with Crippen molar-refractivity contribution in [3.8, 4) is 0 Å². The Morgan fingerprint density at radius 3 is 2.86 bits per heavy atom. The van der Waals surface area contributed by atoms with Gasteiger partial charge in [-0.05, 0) is 51.4 Å². The number of epoxide rings is 1. The van der Waals surface area contributed by atoms with E-state index in [0.717, 1.165) is 45.5 Å². The van der Waals surface area contributed by atoms with Crippen LogP contribution in [-0.4, -0.2) is 43.9 Å². The molecule has 3 unspecified atom stereocenters. The number of hydrogen-bond donors (Lipinski definition) is 0. The maximum atomic E-state index is 12.0. The van der Waals surface area contributed by atoms with Crippen molar-refractivity contribution in [2.75, 3.05) is 26.4 Å². The smallest absolute Gasteiger partial charge is 0.136 e. The number of ketones is 1. The van der Waals surface area contributed by atoms with Crippen molar-refractivity contribution >= 4 is 5.78 Å². The minimum absolute atomic E-state index is 0.201. The fraction of sp³-hybridized carbons (Fsp3) is 0.941. The molecule has 2 heterocycles. The molecule has 3 atom stereocenters. The molecule has 0 spiro atoms. The topological polar surface area (TPSA) is 48.1 Å². The van der Waals surface area contributed by atoms with Crippen LogP contribution in [0.1, 0.15) is 51.9 Å². The number of rotatable bonds is 7. The van der Waals surface area contributed by atoms with Crippen molar-refractivity contribution in [1.82, 2.24) is 0 Å². The molecule has 0 radical (unpaired) electrons. The summed E-state index contributed by atoms with van der Waals surface area (Å²) in [5, 5.41) is 0. The van der Waals surface area contributed by atoms with Gasteiger partial charge in [0, 0.05) is 38.8 Å². The average Bonchev–Trinajstić information content (AvgIpc) is 3.18. The van der Waals surface area contributed by atoms with E-state index < -0.39 is 0 Å². The third-order valence-electron chi connectivity index (χ3n) is 5.37. The maximum Gasteiger partial charge on any atom is 0.136 e. The fourth-order valence-electron chi connectivity index (χ4n) is 3.69. The van der Waals surface area contributed by atoms with Crippen LogP contribution in [0.2, 0.25) is 0 Å². The molecule has 0 aromatic heterocycles. The molecular formula is C17H28O4. The fourth-order valence-corrected chi connectivity index (χ4v) is 3.69. The average molecular weight is 296 g/mol. The quantitative estimate of drug-likeness (QED) is 0.535. The predicted molar refractivity (Wildman–Crippen MR) is 79.2 cm³/mol. The molecule has 21 heavy (non-hydrogen) atoms. The standard InChI is InChI=1S/C17H28O4/c1-17-7-4-13(11-16(17)21-17)12-20-8-2-3-15(18)14-5-9-19-10-6-14/h13-14,16H,2-12H2,1H3. The first-order valence-electron chi connectivity index (χ1n) is 8.53. The van der Waals surface area contributed by atoms with Gasteiger partial charge in [-0.25, -0.2) is 0 Å². The van der Waals surface area contributed by atoms with Crippen LogP contribution in [0.25, 0.3) is 0 Å². The summed E-state index contributed by atoms with van der Waals surface area (Å²) in [5.41, 5.74) is 0.201. The monoisotopic (exact) mass is 296 g/mol. The minimum Gasteiger partial charge on any atom is -0.381 e. The van der Waals surface area contributed by atoms with Gasteiger partial charge in [0.25, 0.3) is 0 Å². The molecule has 1 aliphatic carbocycles. The summed E-state index contributed by atoms with van der Waals surface area (Å²) in [6.07, 6.45) is 7.36. The number of ether oxygens (including phenoxy) is 3. The summed E-state index contributed by atoms with van der Waals surface area (Å²) in [7, 11) is 0. The van der Waals surface area contributed by atoms with Gasteiger partial charge in [-0.2, -0.15) is 0 Å². The lowest BCUT2D eigenvalue weighted by Crippen LogP contribution is -2.25. The molecule has 3 fully saturated rings. The molecule has 0 amide bonds. The first-order valence-corrected chi connectivity index (χ1v) is 8.53. The molecule has 120 valence electrons. The van der Waals surface area contributed by atoms with E-state index in [9.17, 15) is 4.79 Å². The Kier molecular flexibility index (Phi) is 4.97. The van der Waals surface area contributed by atoms with Crippen molar-refractivity contribution in [3.63, 3.8) is 0 Å². The van der Waals surface area contributed by atoms with E-state index in [0.29, 0.717) is 30.8 Å². The van der Waals surface area contributed by atoms with Crippen LogP contribution in [-0.2, 0) is 19.0 Å². The van der Waals surface area contributed by atoms with Crippen molar-refractivity contribution in [2.45, 2.75) is 63.6 Å². The van der Waals surface area contributed by atoms with E-state index in [2.05, 4.69) is 6.92 Å². The third kappa shape index (κ3) is 4.05. The molecule has 0 N–H and O–H groups in total. The highest BCUT2D eigenvalue weighted by Gasteiger charge is 2.55. The van der Waals surface area contributed by atoms with E-state index in [1.54, 1.807) is 0 Å². The first-order chi connectivity index (χ1) is 10.2. The highest BCUT2D eigenvalue weighted by molar-refractivity contribution is 5.81. The lowest BCUT2D eigenvalue weighted by atomic mass is 9.83. The van der Waals surface area contributed by atoms with Gasteiger partial charge in [-0.3, -0.25) is 4.79 Å². The van der Waals surface area contributed by atoms with Crippen molar-refractivity contribution in [2.24, 2.45) is 11.8 Å². The Labute approximate surface area is 127 Å². The van der Waals surface area contributed by atoms with Gasteiger partial charge in [0.05, 0.1) is 11.7 Å². The van der Waals surface area contributed by atoms with Gasteiger partial charge in [-0.15, -0.1) is 0 Å². The molecule has 0 aromatic carbocycles. The lowest BCUT2D eigenvalue weighted by Gasteiger charge is -2.22. The van der Waals surface area contributed by atoms with Crippen LogP contribution in [0.3, 0.4) is 0 Å². The third-order valence-corrected chi connectivity index (χ3v) is 5.37. The zero-order valence-electron chi connectivity index (χ0n) is 13.1. The van der Waals surface area contributed by atoms with Crippen LogP contribution >= 0.6 is 0 Å². The molecule has 1 saturated carbocycles. The lowest BCUT2D eigenvalue weighted by molar-refractivity contribution is -0.126. The predicted octanol–water partition coefficient (Wildman–Crippen LogP) is 2.74. The SMILES string of the molecule is CC12CCC(COCCCC(=O)C3CCOCC3)CC1O2.